The second-order valence-electron chi connectivity index (χ2n) is 4.28. The van der Waals surface area contributed by atoms with Gasteiger partial charge in [0.15, 0.2) is 5.84 Å². The number of thioether (sulfide) groups is 1. The van der Waals surface area contributed by atoms with E-state index in [9.17, 15) is 0 Å². The molecule has 1 heterocycles. The Morgan fingerprint density at radius 2 is 2.39 bits per heavy atom. The van der Waals surface area contributed by atoms with Gasteiger partial charge in [0.25, 0.3) is 0 Å². The van der Waals surface area contributed by atoms with Gasteiger partial charge in [0.2, 0.25) is 0 Å². The average molecular weight is 330 g/mol. The number of nitrogens with two attached hydrogens (primary N) is 1. The minimum atomic E-state index is 0.142. The number of benzene rings is 1. The van der Waals surface area contributed by atoms with Crippen molar-refractivity contribution >= 4 is 39.2 Å². The summed E-state index contributed by atoms with van der Waals surface area (Å²) < 4.78 is 0.919. The molecule has 3 N–H and O–H groups in total. The molecule has 0 radical (unpaired) electrons. The zero-order chi connectivity index (χ0) is 13.1. The summed E-state index contributed by atoms with van der Waals surface area (Å²) >= 11 is 5.38. The van der Waals surface area contributed by atoms with Crippen LogP contribution in [0.25, 0.3) is 0 Å². The van der Waals surface area contributed by atoms with E-state index in [1.165, 1.54) is 12.2 Å². The van der Waals surface area contributed by atoms with E-state index in [0.29, 0.717) is 6.04 Å². The lowest BCUT2D eigenvalue weighted by atomic mass is 10.1. The van der Waals surface area contributed by atoms with Crippen LogP contribution in [0.15, 0.2) is 27.8 Å². The van der Waals surface area contributed by atoms with Gasteiger partial charge in [-0.2, -0.15) is 11.8 Å². The molecule has 98 valence electrons. The van der Waals surface area contributed by atoms with Gasteiger partial charge in [0.05, 0.1) is 0 Å². The normalized spacial score (nSPS) is 20.1. The number of nitrogens with zero attached hydrogens (tertiary/aromatic N) is 2. The minimum absolute atomic E-state index is 0.142. The van der Waals surface area contributed by atoms with E-state index in [1.807, 2.05) is 30.0 Å². The highest BCUT2D eigenvalue weighted by molar-refractivity contribution is 9.10. The van der Waals surface area contributed by atoms with Gasteiger partial charge in [-0.15, -0.1) is 0 Å². The number of halogens is 1. The Kier molecular flexibility index (Phi) is 4.40. The number of anilines is 1. The van der Waals surface area contributed by atoms with Gasteiger partial charge in [0, 0.05) is 34.6 Å². The third-order valence-corrected chi connectivity index (χ3v) is 4.81. The SMILES string of the molecule is CN(c1ccc(Br)cc1/C(N)=N/O)C1CCSC1. The molecule has 1 unspecified atom stereocenters. The molecule has 1 aliphatic rings. The number of rotatable bonds is 3. The van der Waals surface area contributed by atoms with Crippen molar-refractivity contribution in [2.75, 3.05) is 23.5 Å². The van der Waals surface area contributed by atoms with Crippen molar-refractivity contribution in [3.8, 4) is 0 Å². The molecule has 0 spiro atoms. The van der Waals surface area contributed by atoms with Gasteiger partial charge in [-0.05, 0) is 30.4 Å². The van der Waals surface area contributed by atoms with Crippen LogP contribution in [-0.4, -0.2) is 35.6 Å². The monoisotopic (exact) mass is 329 g/mol. The number of amidine groups is 1. The molecule has 0 aromatic heterocycles. The third kappa shape index (κ3) is 2.75. The quantitative estimate of drug-likeness (QED) is 0.387. The van der Waals surface area contributed by atoms with Crippen LogP contribution < -0.4 is 10.6 Å². The molecule has 6 heteroatoms. The summed E-state index contributed by atoms with van der Waals surface area (Å²) in [6.07, 6.45) is 1.17. The Labute approximate surface area is 119 Å². The molecular weight excluding hydrogens is 314 g/mol. The maximum absolute atomic E-state index is 8.88. The molecule has 1 atom stereocenters. The van der Waals surface area contributed by atoms with E-state index in [0.717, 1.165) is 21.5 Å². The second-order valence-corrected chi connectivity index (χ2v) is 6.34. The first-order valence-electron chi connectivity index (χ1n) is 5.71. The van der Waals surface area contributed by atoms with E-state index in [-0.39, 0.29) is 5.84 Å². The smallest absolute Gasteiger partial charge is 0.172 e. The van der Waals surface area contributed by atoms with Crippen LogP contribution in [0.3, 0.4) is 0 Å². The lowest BCUT2D eigenvalue weighted by molar-refractivity contribution is 0.318. The average Bonchev–Trinajstić information content (AvgIpc) is 2.90. The van der Waals surface area contributed by atoms with Crippen LogP contribution in [0.1, 0.15) is 12.0 Å². The van der Waals surface area contributed by atoms with Crippen molar-refractivity contribution < 1.29 is 5.21 Å². The Morgan fingerprint density at radius 1 is 1.61 bits per heavy atom. The molecule has 2 rings (SSSR count). The lowest BCUT2D eigenvalue weighted by Crippen LogP contribution is -2.33. The van der Waals surface area contributed by atoms with Gasteiger partial charge >= 0.3 is 0 Å². The van der Waals surface area contributed by atoms with Crippen molar-refractivity contribution in [1.29, 1.82) is 0 Å². The van der Waals surface area contributed by atoms with E-state index >= 15 is 0 Å². The van der Waals surface area contributed by atoms with E-state index in [1.54, 1.807) is 0 Å². The Morgan fingerprint density at radius 3 is 3.00 bits per heavy atom. The fraction of sp³-hybridized carbons (Fsp3) is 0.417. The highest BCUT2D eigenvalue weighted by atomic mass is 79.9. The zero-order valence-corrected chi connectivity index (χ0v) is 12.5. The molecule has 1 aromatic carbocycles. The van der Waals surface area contributed by atoms with Crippen molar-refractivity contribution in [3.63, 3.8) is 0 Å². The maximum atomic E-state index is 8.88. The molecular formula is C12H16BrN3OS. The van der Waals surface area contributed by atoms with E-state index < -0.39 is 0 Å². The largest absolute Gasteiger partial charge is 0.409 e. The van der Waals surface area contributed by atoms with Crippen LogP contribution in [0, 0.1) is 0 Å². The first kappa shape index (κ1) is 13.5. The molecule has 1 fully saturated rings. The van der Waals surface area contributed by atoms with Crippen molar-refractivity contribution in [2.24, 2.45) is 10.9 Å². The number of hydrogen-bond acceptors (Lipinski definition) is 4. The molecule has 1 aliphatic heterocycles. The standard InChI is InChI=1S/C12H16BrN3OS/c1-16(9-4-5-18-7-9)11-3-2-8(13)6-10(11)12(14)15-17/h2-3,6,9,17H,4-5,7H2,1H3,(H2,14,15). The zero-order valence-electron chi connectivity index (χ0n) is 10.1. The van der Waals surface area contributed by atoms with Crippen molar-refractivity contribution in [3.05, 3.63) is 28.2 Å². The van der Waals surface area contributed by atoms with Gasteiger partial charge in [-0.1, -0.05) is 21.1 Å². The second kappa shape index (κ2) is 5.84. The van der Waals surface area contributed by atoms with Gasteiger partial charge in [0.1, 0.15) is 0 Å². The van der Waals surface area contributed by atoms with Crippen molar-refractivity contribution in [2.45, 2.75) is 12.5 Å². The topological polar surface area (TPSA) is 61.8 Å². The predicted octanol–water partition coefficient (Wildman–Crippen LogP) is 2.49. The van der Waals surface area contributed by atoms with Crippen LogP contribution in [-0.2, 0) is 0 Å². The van der Waals surface area contributed by atoms with Crippen LogP contribution in [0.4, 0.5) is 5.69 Å². The van der Waals surface area contributed by atoms with Gasteiger partial charge < -0.3 is 15.8 Å². The molecule has 0 amide bonds. The lowest BCUT2D eigenvalue weighted by Gasteiger charge is -2.28. The third-order valence-electron chi connectivity index (χ3n) is 3.18. The molecule has 4 nitrogen and oxygen atoms in total. The summed E-state index contributed by atoms with van der Waals surface area (Å²) in [4.78, 5) is 2.22. The summed E-state index contributed by atoms with van der Waals surface area (Å²) in [5, 5.41) is 12.0. The van der Waals surface area contributed by atoms with E-state index in [4.69, 9.17) is 10.9 Å². The summed E-state index contributed by atoms with van der Waals surface area (Å²) in [5.41, 5.74) is 7.50. The summed E-state index contributed by atoms with van der Waals surface area (Å²) in [6.45, 7) is 0. The fourth-order valence-electron chi connectivity index (χ4n) is 2.10. The number of oxime groups is 1. The molecule has 1 saturated heterocycles. The molecule has 0 bridgehead atoms. The van der Waals surface area contributed by atoms with Crippen LogP contribution in [0.2, 0.25) is 0 Å². The van der Waals surface area contributed by atoms with Crippen molar-refractivity contribution in [1.82, 2.24) is 0 Å². The van der Waals surface area contributed by atoms with Gasteiger partial charge in [-0.25, -0.2) is 0 Å². The van der Waals surface area contributed by atoms with Crippen LogP contribution in [0.5, 0.6) is 0 Å². The first-order chi connectivity index (χ1) is 8.63. The molecule has 1 aromatic rings. The number of hydrogen-bond donors (Lipinski definition) is 2. The maximum Gasteiger partial charge on any atom is 0.172 e. The summed E-state index contributed by atoms with van der Waals surface area (Å²) in [7, 11) is 2.06. The Bertz CT molecular complexity index is 461. The fourth-order valence-corrected chi connectivity index (χ4v) is 3.73. The first-order valence-corrected chi connectivity index (χ1v) is 7.66. The Balaban J connectivity index is 2.36. The highest BCUT2D eigenvalue weighted by Crippen LogP contribution is 2.29. The molecule has 0 saturated carbocycles. The van der Waals surface area contributed by atoms with Crippen LogP contribution >= 0.6 is 27.7 Å². The molecule has 18 heavy (non-hydrogen) atoms. The summed E-state index contributed by atoms with van der Waals surface area (Å²) in [6, 6.07) is 6.37. The predicted molar refractivity (Wildman–Crippen MR) is 80.8 cm³/mol. The van der Waals surface area contributed by atoms with E-state index in [2.05, 4.69) is 33.0 Å². The van der Waals surface area contributed by atoms with Gasteiger partial charge in [-0.3, -0.25) is 0 Å². The molecule has 0 aliphatic carbocycles. The Hall–Kier alpha value is -0.880. The highest BCUT2D eigenvalue weighted by Gasteiger charge is 2.22. The minimum Gasteiger partial charge on any atom is -0.409 e. The summed E-state index contributed by atoms with van der Waals surface area (Å²) in [5.74, 6) is 2.47.